The van der Waals surface area contributed by atoms with Gasteiger partial charge in [-0.15, -0.1) is 0 Å². The highest BCUT2D eigenvalue weighted by Crippen LogP contribution is 2.25. The summed E-state index contributed by atoms with van der Waals surface area (Å²) in [6.45, 7) is 0. The Morgan fingerprint density at radius 1 is 0.944 bits per heavy atom. The third kappa shape index (κ3) is 3.14. The van der Waals surface area contributed by atoms with Gasteiger partial charge in [-0.2, -0.15) is 12.6 Å². The Hall–Kier alpha value is -1.74. The molecule has 0 spiro atoms. The zero-order valence-corrected chi connectivity index (χ0v) is 10.7. The van der Waals surface area contributed by atoms with E-state index >= 15 is 0 Å². The first kappa shape index (κ1) is 12.7. The average molecular weight is 258 g/mol. The molecule has 0 unspecified atom stereocenters. The molecular formula is C15H14O2S. The van der Waals surface area contributed by atoms with Crippen LogP contribution in [0.3, 0.4) is 0 Å². The van der Waals surface area contributed by atoms with Crippen molar-refractivity contribution in [1.29, 1.82) is 0 Å². The minimum atomic E-state index is -0.368. The van der Waals surface area contributed by atoms with E-state index in [-0.39, 0.29) is 17.8 Å². The Morgan fingerprint density at radius 3 is 1.78 bits per heavy atom. The molecule has 3 heteroatoms. The van der Waals surface area contributed by atoms with Gasteiger partial charge in [-0.25, -0.2) is 0 Å². The summed E-state index contributed by atoms with van der Waals surface area (Å²) in [7, 11) is 0. The van der Waals surface area contributed by atoms with Crippen molar-refractivity contribution in [2.75, 3.05) is 5.75 Å². The first-order chi connectivity index (χ1) is 8.81. The van der Waals surface area contributed by atoms with Gasteiger partial charge in [0.25, 0.3) is 0 Å². The van der Waals surface area contributed by atoms with Crippen LogP contribution in [0.25, 0.3) is 0 Å². The van der Waals surface area contributed by atoms with E-state index in [1.165, 1.54) is 0 Å². The van der Waals surface area contributed by atoms with Crippen LogP contribution in [0.1, 0.15) is 17.2 Å². The molecule has 0 radical (unpaired) electrons. The topological polar surface area (TPSA) is 26.3 Å². The molecular weight excluding hydrogens is 244 g/mol. The minimum Gasteiger partial charge on any atom is -0.452 e. The number of carbonyl (C=O) groups excluding carboxylic acids is 1. The molecule has 2 rings (SSSR count). The SMILES string of the molecule is O=C(CS)OC(c1ccccc1)c1ccccc1. The van der Waals surface area contributed by atoms with E-state index in [0.29, 0.717) is 0 Å². The number of hydrogen-bond acceptors (Lipinski definition) is 3. The molecule has 0 fully saturated rings. The summed E-state index contributed by atoms with van der Waals surface area (Å²) in [6, 6.07) is 19.4. The molecule has 0 aliphatic rings. The van der Waals surface area contributed by atoms with Crippen molar-refractivity contribution >= 4 is 18.6 Å². The number of ether oxygens (including phenoxy) is 1. The van der Waals surface area contributed by atoms with Gasteiger partial charge in [0.15, 0.2) is 6.10 Å². The first-order valence-corrected chi connectivity index (χ1v) is 6.34. The predicted octanol–water partition coefficient (Wildman–Crippen LogP) is 3.25. The number of esters is 1. The maximum Gasteiger partial charge on any atom is 0.316 e. The maximum absolute atomic E-state index is 11.5. The Kier molecular flexibility index (Phi) is 4.42. The second-order valence-electron chi connectivity index (χ2n) is 3.85. The summed E-state index contributed by atoms with van der Waals surface area (Å²) in [5.74, 6) is -0.244. The molecule has 2 nitrogen and oxygen atoms in total. The molecule has 0 N–H and O–H groups in total. The largest absolute Gasteiger partial charge is 0.452 e. The molecule has 0 saturated carbocycles. The summed E-state index contributed by atoms with van der Waals surface area (Å²) < 4.78 is 5.46. The van der Waals surface area contributed by atoms with E-state index < -0.39 is 0 Å². The summed E-state index contributed by atoms with van der Waals surface area (Å²) in [4.78, 5) is 11.5. The van der Waals surface area contributed by atoms with Crippen molar-refractivity contribution < 1.29 is 9.53 Å². The smallest absolute Gasteiger partial charge is 0.316 e. The Labute approximate surface area is 112 Å². The van der Waals surface area contributed by atoms with Crippen LogP contribution in [0.15, 0.2) is 60.7 Å². The van der Waals surface area contributed by atoms with E-state index in [0.717, 1.165) is 11.1 Å². The molecule has 0 aromatic heterocycles. The summed E-state index contributed by atoms with van der Waals surface area (Å²) >= 11 is 3.94. The maximum atomic E-state index is 11.5. The number of thiol groups is 1. The Morgan fingerprint density at radius 2 is 1.39 bits per heavy atom. The van der Waals surface area contributed by atoms with Crippen LogP contribution in [-0.2, 0) is 9.53 Å². The highest BCUT2D eigenvalue weighted by molar-refractivity contribution is 7.81. The fraction of sp³-hybridized carbons (Fsp3) is 0.133. The van der Waals surface area contributed by atoms with Gasteiger partial charge in [0.2, 0.25) is 0 Å². The van der Waals surface area contributed by atoms with Crippen LogP contribution in [0.5, 0.6) is 0 Å². The predicted molar refractivity (Wildman–Crippen MR) is 74.7 cm³/mol. The molecule has 0 bridgehead atoms. The van der Waals surface area contributed by atoms with E-state index in [1.807, 2.05) is 60.7 Å². The lowest BCUT2D eigenvalue weighted by molar-refractivity contribution is -0.144. The van der Waals surface area contributed by atoms with Gasteiger partial charge in [-0.3, -0.25) is 4.79 Å². The van der Waals surface area contributed by atoms with E-state index in [4.69, 9.17) is 4.74 Å². The Balaban J connectivity index is 2.32. The zero-order valence-electron chi connectivity index (χ0n) is 9.82. The van der Waals surface area contributed by atoms with Crippen LogP contribution in [0.4, 0.5) is 0 Å². The molecule has 2 aromatic carbocycles. The molecule has 0 saturated heterocycles. The van der Waals surface area contributed by atoms with Gasteiger partial charge in [0.05, 0.1) is 5.75 Å². The van der Waals surface area contributed by atoms with Crippen molar-refractivity contribution in [3.05, 3.63) is 71.8 Å². The normalized spacial score (nSPS) is 10.3. The highest BCUT2D eigenvalue weighted by Gasteiger charge is 2.17. The third-order valence-corrected chi connectivity index (χ3v) is 2.84. The molecule has 0 aliphatic carbocycles. The summed E-state index contributed by atoms with van der Waals surface area (Å²) in [5.41, 5.74) is 1.91. The van der Waals surface area contributed by atoms with Gasteiger partial charge in [0, 0.05) is 0 Å². The molecule has 2 aromatic rings. The molecule has 0 amide bonds. The molecule has 0 heterocycles. The van der Waals surface area contributed by atoms with E-state index in [2.05, 4.69) is 12.6 Å². The second-order valence-corrected chi connectivity index (χ2v) is 4.17. The van der Waals surface area contributed by atoms with Crippen LogP contribution < -0.4 is 0 Å². The summed E-state index contributed by atoms with van der Waals surface area (Å²) in [5, 5.41) is 0. The summed E-state index contributed by atoms with van der Waals surface area (Å²) in [6.07, 6.45) is -0.368. The standard InChI is InChI=1S/C15H14O2S/c16-14(11-18)17-15(12-7-3-1-4-8-12)13-9-5-2-6-10-13/h1-10,15,18H,11H2. The lowest BCUT2D eigenvalue weighted by atomic mass is 10.0. The number of benzene rings is 2. The van der Waals surface area contributed by atoms with Crippen LogP contribution in [0.2, 0.25) is 0 Å². The van der Waals surface area contributed by atoms with Crippen LogP contribution in [-0.4, -0.2) is 11.7 Å². The van der Waals surface area contributed by atoms with E-state index in [9.17, 15) is 4.79 Å². The fourth-order valence-corrected chi connectivity index (χ4v) is 1.83. The Bertz CT molecular complexity index is 457. The quantitative estimate of drug-likeness (QED) is 0.673. The molecule has 0 atom stereocenters. The zero-order chi connectivity index (χ0) is 12.8. The first-order valence-electron chi connectivity index (χ1n) is 5.71. The van der Waals surface area contributed by atoms with Gasteiger partial charge in [-0.05, 0) is 11.1 Å². The number of carbonyl (C=O) groups is 1. The number of rotatable bonds is 4. The molecule has 18 heavy (non-hydrogen) atoms. The van der Waals surface area contributed by atoms with Crippen molar-refractivity contribution in [2.45, 2.75) is 6.10 Å². The van der Waals surface area contributed by atoms with Gasteiger partial charge in [-0.1, -0.05) is 60.7 Å². The fourth-order valence-electron chi connectivity index (χ4n) is 1.75. The van der Waals surface area contributed by atoms with Gasteiger partial charge < -0.3 is 4.74 Å². The average Bonchev–Trinajstić information content (AvgIpc) is 2.46. The van der Waals surface area contributed by atoms with Crippen molar-refractivity contribution in [3.63, 3.8) is 0 Å². The van der Waals surface area contributed by atoms with Crippen molar-refractivity contribution in [3.8, 4) is 0 Å². The van der Waals surface area contributed by atoms with Gasteiger partial charge >= 0.3 is 5.97 Å². The monoisotopic (exact) mass is 258 g/mol. The van der Waals surface area contributed by atoms with Crippen molar-refractivity contribution in [2.24, 2.45) is 0 Å². The van der Waals surface area contributed by atoms with E-state index in [1.54, 1.807) is 0 Å². The lowest BCUT2D eigenvalue weighted by Crippen LogP contribution is -2.13. The van der Waals surface area contributed by atoms with Crippen LogP contribution >= 0.6 is 12.6 Å². The number of hydrogen-bond donors (Lipinski definition) is 1. The second kappa shape index (κ2) is 6.26. The van der Waals surface area contributed by atoms with Crippen molar-refractivity contribution in [1.82, 2.24) is 0 Å². The van der Waals surface area contributed by atoms with Crippen LogP contribution in [0, 0.1) is 0 Å². The highest BCUT2D eigenvalue weighted by atomic mass is 32.1. The lowest BCUT2D eigenvalue weighted by Gasteiger charge is -2.18. The minimum absolute atomic E-state index is 0.0795. The molecule has 92 valence electrons. The third-order valence-electron chi connectivity index (χ3n) is 2.58. The molecule has 0 aliphatic heterocycles. The van der Waals surface area contributed by atoms with Gasteiger partial charge in [0.1, 0.15) is 0 Å².